The minimum absolute atomic E-state index is 0.00808. The van der Waals surface area contributed by atoms with Crippen molar-refractivity contribution in [3.8, 4) is 0 Å². The number of likely N-dealkylation sites (tertiary alicyclic amines) is 1. The van der Waals surface area contributed by atoms with E-state index in [0.717, 1.165) is 49.1 Å². The highest BCUT2D eigenvalue weighted by Crippen LogP contribution is 2.35. The zero-order chi connectivity index (χ0) is 15.1. The second-order valence-corrected chi connectivity index (χ2v) is 6.59. The number of fused-ring (bicyclic) bond motifs is 1. The lowest BCUT2D eigenvalue weighted by molar-refractivity contribution is 0.0728. The standard InChI is InChI=1S/C17H22FN3O/c1-11-6-12-8-19-20-17(12)7-15(11)14-2-4-21(9-16(14)18)13-3-5-22-10-13/h6-8,13-14,16H,2-5,9-10H2,1H3,(H,19,20). The summed E-state index contributed by atoms with van der Waals surface area (Å²) in [5, 5.41) is 8.16. The summed E-state index contributed by atoms with van der Waals surface area (Å²) in [5.74, 6) is -0.00808. The average molecular weight is 303 g/mol. The Hall–Kier alpha value is -1.46. The van der Waals surface area contributed by atoms with E-state index in [1.807, 2.05) is 6.20 Å². The van der Waals surface area contributed by atoms with Gasteiger partial charge < -0.3 is 4.74 Å². The van der Waals surface area contributed by atoms with Crippen molar-refractivity contribution in [2.75, 3.05) is 26.3 Å². The predicted octanol–water partition coefficient (Wildman–Crippen LogP) is 2.79. The number of rotatable bonds is 2. The quantitative estimate of drug-likeness (QED) is 0.927. The van der Waals surface area contributed by atoms with Crippen LogP contribution in [0.1, 0.15) is 29.9 Å². The molecule has 1 aromatic heterocycles. The first-order chi connectivity index (χ1) is 10.7. The van der Waals surface area contributed by atoms with Gasteiger partial charge in [0.1, 0.15) is 6.17 Å². The first-order valence-corrected chi connectivity index (χ1v) is 8.12. The summed E-state index contributed by atoms with van der Waals surface area (Å²) < 4.78 is 20.3. The smallest absolute Gasteiger partial charge is 0.120 e. The number of aromatic nitrogens is 2. The number of benzene rings is 1. The SMILES string of the molecule is Cc1cc2cn[nH]c2cc1C1CCN(C2CCOC2)CC1F. The van der Waals surface area contributed by atoms with Crippen LogP contribution in [0.25, 0.3) is 10.9 Å². The number of H-pyrrole nitrogens is 1. The average Bonchev–Trinajstić information content (AvgIpc) is 3.17. The molecule has 3 atom stereocenters. The van der Waals surface area contributed by atoms with E-state index in [9.17, 15) is 4.39 Å². The third-order valence-corrected chi connectivity index (χ3v) is 5.22. The number of ether oxygens (including phenoxy) is 1. The Morgan fingerprint density at radius 2 is 2.27 bits per heavy atom. The fraction of sp³-hybridized carbons (Fsp3) is 0.588. The summed E-state index contributed by atoms with van der Waals surface area (Å²) in [6.07, 6.45) is 2.92. The molecule has 3 unspecified atom stereocenters. The van der Waals surface area contributed by atoms with Gasteiger partial charge in [0.2, 0.25) is 0 Å². The van der Waals surface area contributed by atoms with Crippen LogP contribution < -0.4 is 0 Å². The molecule has 0 aliphatic carbocycles. The highest BCUT2D eigenvalue weighted by Gasteiger charge is 2.35. The third kappa shape index (κ3) is 2.42. The van der Waals surface area contributed by atoms with Gasteiger partial charge in [0.25, 0.3) is 0 Å². The number of alkyl halides is 1. The number of halogens is 1. The second-order valence-electron chi connectivity index (χ2n) is 6.59. The van der Waals surface area contributed by atoms with Crippen LogP contribution in [-0.2, 0) is 4.74 Å². The van der Waals surface area contributed by atoms with Crippen LogP contribution in [-0.4, -0.2) is 53.6 Å². The second kappa shape index (κ2) is 5.63. The summed E-state index contributed by atoms with van der Waals surface area (Å²) in [5.41, 5.74) is 3.30. The van der Waals surface area contributed by atoms with Gasteiger partial charge in [-0.05, 0) is 49.6 Å². The molecule has 118 valence electrons. The van der Waals surface area contributed by atoms with Gasteiger partial charge in [0.15, 0.2) is 0 Å². The Kier molecular flexibility index (Phi) is 3.62. The zero-order valence-electron chi connectivity index (χ0n) is 12.9. The number of nitrogens with zero attached hydrogens (tertiary/aromatic N) is 2. The van der Waals surface area contributed by atoms with Crippen molar-refractivity contribution < 1.29 is 9.13 Å². The molecular weight excluding hydrogens is 281 g/mol. The van der Waals surface area contributed by atoms with Gasteiger partial charge >= 0.3 is 0 Å². The summed E-state index contributed by atoms with van der Waals surface area (Å²) in [4.78, 5) is 2.28. The third-order valence-electron chi connectivity index (χ3n) is 5.22. The maximum absolute atomic E-state index is 14.8. The minimum Gasteiger partial charge on any atom is -0.380 e. The number of aromatic amines is 1. The van der Waals surface area contributed by atoms with E-state index in [1.54, 1.807) is 0 Å². The molecule has 2 aliphatic rings. The molecule has 1 N–H and O–H groups in total. The number of piperidine rings is 1. The molecule has 0 amide bonds. The van der Waals surface area contributed by atoms with Crippen molar-refractivity contribution in [3.63, 3.8) is 0 Å². The van der Waals surface area contributed by atoms with Crippen LogP contribution in [0.5, 0.6) is 0 Å². The lowest BCUT2D eigenvalue weighted by Crippen LogP contribution is -2.46. The van der Waals surface area contributed by atoms with Gasteiger partial charge in [0.05, 0.1) is 18.3 Å². The molecule has 22 heavy (non-hydrogen) atoms. The van der Waals surface area contributed by atoms with Gasteiger partial charge in [-0.15, -0.1) is 0 Å². The fourth-order valence-electron chi connectivity index (χ4n) is 3.94. The molecule has 3 heterocycles. The molecule has 2 saturated heterocycles. The van der Waals surface area contributed by atoms with Crippen LogP contribution in [0.15, 0.2) is 18.3 Å². The van der Waals surface area contributed by atoms with Gasteiger partial charge in [-0.25, -0.2) is 4.39 Å². The van der Waals surface area contributed by atoms with E-state index in [4.69, 9.17) is 4.74 Å². The molecule has 0 saturated carbocycles. The van der Waals surface area contributed by atoms with Crippen molar-refractivity contribution in [1.29, 1.82) is 0 Å². The molecule has 0 bridgehead atoms. The first kappa shape index (κ1) is 14.2. The van der Waals surface area contributed by atoms with Gasteiger partial charge in [-0.1, -0.05) is 0 Å². The van der Waals surface area contributed by atoms with E-state index in [2.05, 4.69) is 34.2 Å². The number of aryl methyl sites for hydroxylation is 1. The van der Waals surface area contributed by atoms with Crippen LogP contribution in [0.3, 0.4) is 0 Å². The Morgan fingerprint density at radius 3 is 3.05 bits per heavy atom. The van der Waals surface area contributed by atoms with Crippen LogP contribution >= 0.6 is 0 Å². The maximum Gasteiger partial charge on any atom is 0.120 e. The lowest BCUT2D eigenvalue weighted by atomic mass is 9.84. The Bertz CT molecular complexity index is 665. The molecule has 2 aliphatic heterocycles. The Morgan fingerprint density at radius 1 is 1.36 bits per heavy atom. The van der Waals surface area contributed by atoms with Gasteiger partial charge in [-0.2, -0.15) is 5.10 Å². The molecule has 4 rings (SSSR count). The van der Waals surface area contributed by atoms with Crippen LogP contribution in [0.4, 0.5) is 4.39 Å². The molecule has 1 aromatic carbocycles. The normalized spacial score (nSPS) is 30.2. The van der Waals surface area contributed by atoms with E-state index in [-0.39, 0.29) is 5.92 Å². The summed E-state index contributed by atoms with van der Waals surface area (Å²) in [7, 11) is 0. The summed E-state index contributed by atoms with van der Waals surface area (Å²) >= 11 is 0. The highest BCUT2D eigenvalue weighted by molar-refractivity contribution is 5.79. The largest absolute Gasteiger partial charge is 0.380 e. The molecular formula is C17H22FN3O. The molecule has 0 spiro atoms. The summed E-state index contributed by atoms with van der Waals surface area (Å²) in [6, 6.07) is 4.61. The van der Waals surface area contributed by atoms with Crippen molar-refractivity contribution >= 4 is 10.9 Å². The zero-order valence-corrected chi connectivity index (χ0v) is 12.9. The number of hydrogen-bond donors (Lipinski definition) is 1. The van der Waals surface area contributed by atoms with Crippen molar-refractivity contribution in [3.05, 3.63) is 29.5 Å². The number of hydrogen-bond acceptors (Lipinski definition) is 3. The lowest BCUT2D eigenvalue weighted by Gasteiger charge is -2.38. The van der Waals surface area contributed by atoms with E-state index in [1.165, 1.54) is 5.56 Å². The van der Waals surface area contributed by atoms with Crippen LogP contribution in [0.2, 0.25) is 0 Å². The van der Waals surface area contributed by atoms with Crippen molar-refractivity contribution in [2.24, 2.45) is 0 Å². The first-order valence-electron chi connectivity index (χ1n) is 8.12. The minimum atomic E-state index is -0.812. The Labute approximate surface area is 129 Å². The maximum atomic E-state index is 14.8. The Balaban J connectivity index is 1.55. The molecule has 4 nitrogen and oxygen atoms in total. The van der Waals surface area contributed by atoms with E-state index in [0.29, 0.717) is 12.6 Å². The molecule has 2 aromatic rings. The van der Waals surface area contributed by atoms with Crippen molar-refractivity contribution in [2.45, 2.75) is 37.9 Å². The van der Waals surface area contributed by atoms with Gasteiger partial charge in [-0.3, -0.25) is 10.00 Å². The molecule has 2 fully saturated rings. The topological polar surface area (TPSA) is 41.2 Å². The summed E-state index contributed by atoms with van der Waals surface area (Å²) in [6.45, 7) is 5.14. The van der Waals surface area contributed by atoms with E-state index >= 15 is 0 Å². The monoisotopic (exact) mass is 303 g/mol. The number of nitrogens with one attached hydrogen (secondary N) is 1. The van der Waals surface area contributed by atoms with Crippen LogP contribution in [0, 0.1) is 6.92 Å². The molecule has 5 heteroatoms. The van der Waals surface area contributed by atoms with Crippen molar-refractivity contribution in [1.82, 2.24) is 15.1 Å². The van der Waals surface area contributed by atoms with E-state index < -0.39 is 6.17 Å². The highest BCUT2D eigenvalue weighted by atomic mass is 19.1. The fourth-order valence-corrected chi connectivity index (χ4v) is 3.94. The predicted molar refractivity (Wildman–Crippen MR) is 83.9 cm³/mol. The van der Waals surface area contributed by atoms with Gasteiger partial charge in [0, 0.05) is 30.5 Å². The molecule has 0 radical (unpaired) electrons.